The minimum Gasteiger partial charge on any atom is -0.354 e. The predicted octanol–water partition coefficient (Wildman–Crippen LogP) is 1.81. The first-order chi connectivity index (χ1) is 8.74. The summed E-state index contributed by atoms with van der Waals surface area (Å²) in [5.74, 6) is 1.50. The van der Waals surface area contributed by atoms with Crippen LogP contribution in [0.2, 0.25) is 0 Å². The van der Waals surface area contributed by atoms with Crippen molar-refractivity contribution < 1.29 is 0 Å². The minimum atomic E-state index is 0.524. The van der Waals surface area contributed by atoms with Gasteiger partial charge in [0, 0.05) is 24.7 Å². The second-order valence-electron chi connectivity index (χ2n) is 4.93. The third-order valence-electron chi connectivity index (χ3n) is 3.57. The maximum Gasteiger partial charge on any atom is 0.151 e. The maximum absolute atomic E-state index is 4.25. The average Bonchev–Trinajstić information content (AvgIpc) is 2.98. The van der Waals surface area contributed by atoms with Crippen LogP contribution in [0.25, 0.3) is 0 Å². The molecule has 1 saturated heterocycles. The molecule has 0 aliphatic carbocycles. The van der Waals surface area contributed by atoms with Gasteiger partial charge in [-0.3, -0.25) is 5.10 Å². The molecule has 1 fully saturated rings. The highest BCUT2D eigenvalue weighted by Crippen LogP contribution is 2.29. The summed E-state index contributed by atoms with van der Waals surface area (Å²) < 4.78 is 0. The van der Waals surface area contributed by atoms with Crippen molar-refractivity contribution in [3.63, 3.8) is 0 Å². The van der Waals surface area contributed by atoms with Gasteiger partial charge in [-0.1, -0.05) is 0 Å². The average molecular weight is 243 g/mol. The van der Waals surface area contributed by atoms with Gasteiger partial charge in [-0.05, 0) is 38.0 Å². The fraction of sp³-hybridized carbons (Fsp3) is 0.462. The van der Waals surface area contributed by atoms with E-state index in [1.807, 2.05) is 25.3 Å². The lowest BCUT2D eigenvalue weighted by Crippen LogP contribution is -2.21. The number of anilines is 1. The number of aromatic nitrogens is 4. The van der Waals surface area contributed by atoms with Gasteiger partial charge in [0.2, 0.25) is 0 Å². The molecule has 1 atom stereocenters. The van der Waals surface area contributed by atoms with Crippen LogP contribution in [0.5, 0.6) is 0 Å². The van der Waals surface area contributed by atoms with Crippen molar-refractivity contribution in [2.45, 2.75) is 26.2 Å². The summed E-state index contributed by atoms with van der Waals surface area (Å²) in [4.78, 5) is 2.29. The summed E-state index contributed by atoms with van der Waals surface area (Å²) in [6, 6.07) is 4.06. The molecule has 1 N–H and O–H groups in total. The predicted molar refractivity (Wildman–Crippen MR) is 69.7 cm³/mol. The molecule has 2 aromatic heterocycles. The number of rotatable bonds is 2. The van der Waals surface area contributed by atoms with Crippen molar-refractivity contribution in [3.8, 4) is 0 Å². The normalized spacial score (nSPS) is 19.4. The summed E-state index contributed by atoms with van der Waals surface area (Å²) in [5, 5.41) is 15.6. The van der Waals surface area contributed by atoms with E-state index in [0.29, 0.717) is 5.92 Å². The van der Waals surface area contributed by atoms with E-state index in [-0.39, 0.29) is 0 Å². The number of aromatic amines is 1. The highest BCUT2D eigenvalue weighted by Gasteiger charge is 2.26. The fourth-order valence-electron chi connectivity index (χ4n) is 2.53. The number of nitrogens with one attached hydrogen (secondary N) is 1. The summed E-state index contributed by atoms with van der Waals surface area (Å²) in [6.07, 6.45) is 3.03. The first kappa shape index (κ1) is 11.2. The Morgan fingerprint density at radius 1 is 1.28 bits per heavy atom. The summed E-state index contributed by atoms with van der Waals surface area (Å²) in [6.45, 7) is 6.08. The smallest absolute Gasteiger partial charge is 0.151 e. The Morgan fingerprint density at radius 2 is 2.17 bits per heavy atom. The van der Waals surface area contributed by atoms with Crippen molar-refractivity contribution in [3.05, 3.63) is 35.3 Å². The zero-order chi connectivity index (χ0) is 12.5. The van der Waals surface area contributed by atoms with Crippen molar-refractivity contribution in [1.29, 1.82) is 0 Å². The van der Waals surface area contributed by atoms with Crippen molar-refractivity contribution in [2.24, 2.45) is 0 Å². The van der Waals surface area contributed by atoms with Gasteiger partial charge < -0.3 is 4.90 Å². The van der Waals surface area contributed by atoms with Crippen LogP contribution in [0.4, 0.5) is 5.82 Å². The maximum atomic E-state index is 4.25. The molecule has 3 heterocycles. The van der Waals surface area contributed by atoms with E-state index in [9.17, 15) is 0 Å². The molecule has 5 heteroatoms. The molecule has 0 amide bonds. The molecule has 0 saturated carbocycles. The number of nitrogens with zero attached hydrogens (tertiary/aromatic N) is 4. The lowest BCUT2D eigenvalue weighted by molar-refractivity contribution is 0.731. The Kier molecular flexibility index (Phi) is 2.74. The molecule has 0 spiro atoms. The molecule has 0 radical (unpaired) electrons. The van der Waals surface area contributed by atoms with E-state index < -0.39 is 0 Å². The highest BCUT2D eigenvalue weighted by molar-refractivity contribution is 5.40. The van der Waals surface area contributed by atoms with Crippen molar-refractivity contribution >= 4 is 5.82 Å². The molecular formula is C13H17N5. The number of H-pyrrole nitrogens is 1. The Morgan fingerprint density at radius 3 is 2.83 bits per heavy atom. The van der Waals surface area contributed by atoms with Gasteiger partial charge in [0.05, 0.1) is 11.9 Å². The summed E-state index contributed by atoms with van der Waals surface area (Å²) in [7, 11) is 0. The first-order valence-electron chi connectivity index (χ1n) is 6.29. The van der Waals surface area contributed by atoms with Crippen LogP contribution in [0.3, 0.4) is 0 Å². The Labute approximate surface area is 106 Å². The molecule has 3 rings (SSSR count). The van der Waals surface area contributed by atoms with Crippen LogP contribution in [0.1, 0.15) is 29.3 Å². The van der Waals surface area contributed by atoms with Crippen LogP contribution < -0.4 is 4.90 Å². The molecular weight excluding hydrogens is 226 g/mol. The van der Waals surface area contributed by atoms with Gasteiger partial charge in [-0.25, -0.2) is 0 Å². The van der Waals surface area contributed by atoms with Gasteiger partial charge in [0.25, 0.3) is 0 Å². The SMILES string of the molecule is Cc1ccc(N2CCC(c3[nH]ncc3C)C2)nn1. The molecule has 1 aliphatic heterocycles. The number of aryl methyl sites for hydroxylation is 2. The zero-order valence-corrected chi connectivity index (χ0v) is 10.7. The van der Waals surface area contributed by atoms with E-state index in [1.165, 1.54) is 11.3 Å². The third kappa shape index (κ3) is 1.96. The third-order valence-corrected chi connectivity index (χ3v) is 3.57. The Hall–Kier alpha value is -1.91. The van der Waals surface area contributed by atoms with Gasteiger partial charge in [-0.2, -0.15) is 10.2 Å². The number of hydrogen-bond acceptors (Lipinski definition) is 4. The Balaban J connectivity index is 1.76. The van der Waals surface area contributed by atoms with Gasteiger partial charge in [-0.15, -0.1) is 5.10 Å². The highest BCUT2D eigenvalue weighted by atomic mass is 15.3. The largest absolute Gasteiger partial charge is 0.354 e. The fourth-order valence-corrected chi connectivity index (χ4v) is 2.53. The van der Waals surface area contributed by atoms with Gasteiger partial charge in [0.1, 0.15) is 0 Å². The molecule has 0 bridgehead atoms. The molecule has 2 aromatic rings. The van der Waals surface area contributed by atoms with Crippen LogP contribution in [-0.2, 0) is 0 Å². The quantitative estimate of drug-likeness (QED) is 0.874. The standard InChI is InChI=1S/C13H17N5/c1-9-7-14-17-13(9)11-5-6-18(8-11)12-4-3-10(2)15-16-12/h3-4,7,11H,5-6,8H2,1-2H3,(H,14,17). The number of hydrogen-bond donors (Lipinski definition) is 1. The van der Waals surface area contributed by atoms with Crippen LogP contribution in [0, 0.1) is 13.8 Å². The van der Waals surface area contributed by atoms with Crippen molar-refractivity contribution in [2.75, 3.05) is 18.0 Å². The molecule has 18 heavy (non-hydrogen) atoms. The van der Waals surface area contributed by atoms with Gasteiger partial charge in [0.15, 0.2) is 5.82 Å². The lowest BCUT2D eigenvalue weighted by Gasteiger charge is -2.16. The van der Waals surface area contributed by atoms with E-state index in [2.05, 4.69) is 32.2 Å². The van der Waals surface area contributed by atoms with E-state index in [0.717, 1.165) is 31.0 Å². The molecule has 1 unspecified atom stereocenters. The summed E-state index contributed by atoms with van der Waals surface area (Å²) >= 11 is 0. The molecule has 0 aromatic carbocycles. The van der Waals surface area contributed by atoms with Crippen LogP contribution in [0.15, 0.2) is 18.3 Å². The summed E-state index contributed by atoms with van der Waals surface area (Å²) in [5.41, 5.74) is 3.47. The van der Waals surface area contributed by atoms with E-state index >= 15 is 0 Å². The second-order valence-corrected chi connectivity index (χ2v) is 4.93. The van der Waals surface area contributed by atoms with E-state index in [4.69, 9.17) is 0 Å². The topological polar surface area (TPSA) is 57.7 Å². The molecule has 1 aliphatic rings. The molecule has 5 nitrogen and oxygen atoms in total. The lowest BCUT2D eigenvalue weighted by atomic mass is 10.0. The van der Waals surface area contributed by atoms with Crippen LogP contribution >= 0.6 is 0 Å². The van der Waals surface area contributed by atoms with Crippen molar-refractivity contribution in [1.82, 2.24) is 20.4 Å². The second kappa shape index (κ2) is 4.40. The minimum absolute atomic E-state index is 0.524. The van der Waals surface area contributed by atoms with E-state index in [1.54, 1.807) is 0 Å². The Bertz CT molecular complexity index is 531. The monoisotopic (exact) mass is 243 g/mol. The van der Waals surface area contributed by atoms with Gasteiger partial charge >= 0.3 is 0 Å². The first-order valence-corrected chi connectivity index (χ1v) is 6.29. The molecule has 94 valence electrons. The zero-order valence-electron chi connectivity index (χ0n) is 10.7. The van der Waals surface area contributed by atoms with Crippen LogP contribution in [-0.4, -0.2) is 33.5 Å².